The number of hydrogen-bond acceptors (Lipinski definition) is 5. The molecular formula is C29H36N4O4S. The number of fused-ring (bicyclic) bond motifs is 2. The van der Waals surface area contributed by atoms with Gasteiger partial charge in [0, 0.05) is 43.0 Å². The molecule has 4 heterocycles. The maximum atomic E-state index is 13.2. The molecule has 8 nitrogen and oxygen atoms in total. The highest BCUT2D eigenvalue weighted by Gasteiger charge is 2.42. The number of carbonyl (C=O) groups excluding carboxylic acids is 1. The number of H-pyrrole nitrogens is 1. The third-order valence-electron chi connectivity index (χ3n) is 7.96. The highest BCUT2D eigenvalue weighted by molar-refractivity contribution is 7.90. The number of rotatable bonds is 4. The first-order chi connectivity index (χ1) is 18.0. The van der Waals surface area contributed by atoms with Gasteiger partial charge >= 0.3 is 6.09 Å². The summed E-state index contributed by atoms with van der Waals surface area (Å²) >= 11 is 0. The largest absolute Gasteiger partial charge is 0.444 e. The number of benzene rings is 1. The van der Waals surface area contributed by atoms with Gasteiger partial charge in [0.25, 0.3) is 0 Å². The third-order valence-corrected chi connectivity index (χ3v) is 10.3. The first-order valence-corrected chi connectivity index (χ1v) is 15.1. The Morgan fingerprint density at radius 1 is 1.11 bits per heavy atom. The molecule has 1 saturated carbocycles. The van der Waals surface area contributed by atoms with Crippen LogP contribution in [0.15, 0.2) is 30.6 Å². The zero-order valence-electron chi connectivity index (χ0n) is 22.6. The molecule has 1 saturated heterocycles. The maximum Gasteiger partial charge on any atom is 0.410 e. The Morgan fingerprint density at radius 2 is 1.89 bits per heavy atom. The molecule has 0 bridgehead atoms. The van der Waals surface area contributed by atoms with E-state index < -0.39 is 15.6 Å². The van der Waals surface area contributed by atoms with Crippen LogP contribution in [0.25, 0.3) is 22.2 Å². The van der Waals surface area contributed by atoms with Gasteiger partial charge in [0.2, 0.25) is 10.0 Å². The van der Waals surface area contributed by atoms with Gasteiger partial charge in [-0.25, -0.2) is 18.2 Å². The number of nitrogens with one attached hydrogen (secondary N) is 1. The topological polar surface area (TPSA) is 95.6 Å². The summed E-state index contributed by atoms with van der Waals surface area (Å²) in [5.74, 6) is 0. The number of sulfonamides is 1. The zero-order chi connectivity index (χ0) is 26.8. The Kier molecular flexibility index (Phi) is 6.07. The van der Waals surface area contributed by atoms with Gasteiger partial charge in [-0.3, -0.25) is 0 Å². The molecule has 0 spiro atoms. The number of aromatic amines is 1. The number of pyridine rings is 1. The molecule has 3 aromatic rings. The van der Waals surface area contributed by atoms with Gasteiger partial charge in [0.15, 0.2) is 0 Å². The van der Waals surface area contributed by atoms with Crippen molar-refractivity contribution in [2.75, 3.05) is 13.1 Å². The van der Waals surface area contributed by atoms with Crippen molar-refractivity contribution in [3.8, 4) is 11.1 Å². The second-order valence-electron chi connectivity index (χ2n) is 12.0. The molecule has 2 aromatic heterocycles. The number of ether oxygens (including phenoxy) is 1. The average molecular weight is 537 g/mol. The Labute approximate surface area is 224 Å². The van der Waals surface area contributed by atoms with Gasteiger partial charge in [-0.05, 0) is 99.7 Å². The Morgan fingerprint density at radius 3 is 2.63 bits per heavy atom. The van der Waals surface area contributed by atoms with E-state index >= 15 is 0 Å². The number of aromatic nitrogens is 2. The number of nitrogens with zero attached hydrogens (tertiary/aromatic N) is 3. The van der Waals surface area contributed by atoms with E-state index in [-0.39, 0.29) is 17.4 Å². The summed E-state index contributed by atoms with van der Waals surface area (Å²) < 4.78 is 33.8. The van der Waals surface area contributed by atoms with E-state index in [1.165, 1.54) is 0 Å². The van der Waals surface area contributed by atoms with Crippen LogP contribution >= 0.6 is 0 Å². The van der Waals surface area contributed by atoms with Crippen LogP contribution in [0.5, 0.6) is 0 Å². The minimum atomic E-state index is -3.30. The molecule has 1 aromatic carbocycles. The lowest BCUT2D eigenvalue weighted by atomic mass is 9.87. The lowest BCUT2D eigenvalue weighted by Crippen LogP contribution is -2.40. The minimum absolute atomic E-state index is 0.159. The normalized spacial score (nSPS) is 20.6. The summed E-state index contributed by atoms with van der Waals surface area (Å²) in [4.78, 5) is 22.9. The lowest BCUT2D eigenvalue weighted by molar-refractivity contribution is 0.0223. The lowest BCUT2D eigenvalue weighted by Gasteiger charge is -2.34. The molecular weight excluding hydrogens is 500 g/mol. The summed E-state index contributed by atoms with van der Waals surface area (Å²) in [6, 6.07) is 6.35. The summed E-state index contributed by atoms with van der Waals surface area (Å²) in [6.07, 6.45) is 7.38. The standard InChI is InChI=1S/C29H36N4O4S/c1-18-15-30-27-23(18)14-21(16-31-27)20-12-19-9-11-32(38(35,36)22-7-8-22)17-25(19)24(13-20)26-6-5-10-33(26)28(34)37-29(2,3)4/h12-16,22,26H,5-11,17H2,1-4H3,(H,30,31)/t26-/m0/s1. The second kappa shape index (κ2) is 9.09. The van der Waals surface area contributed by atoms with Crippen LogP contribution in [0.3, 0.4) is 0 Å². The van der Waals surface area contributed by atoms with Crippen molar-refractivity contribution in [1.29, 1.82) is 0 Å². The Bertz CT molecular complexity index is 1520. The van der Waals surface area contributed by atoms with Crippen LogP contribution in [0.1, 0.15) is 74.8 Å². The average Bonchev–Trinajstić information content (AvgIpc) is 3.52. The zero-order valence-corrected chi connectivity index (χ0v) is 23.4. The molecule has 202 valence electrons. The van der Waals surface area contributed by atoms with Crippen molar-refractivity contribution < 1.29 is 17.9 Å². The molecule has 9 heteroatoms. The quantitative estimate of drug-likeness (QED) is 0.478. The van der Waals surface area contributed by atoms with Gasteiger partial charge < -0.3 is 14.6 Å². The van der Waals surface area contributed by atoms with Crippen molar-refractivity contribution in [2.45, 2.75) is 83.2 Å². The van der Waals surface area contributed by atoms with Crippen molar-refractivity contribution in [3.63, 3.8) is 0 Å². The van der Waals surface area contributed by atoms with Crippen LogP contribution in [0.4, 0.5) is 4.79 Å². The summed E-state index contributed by atoms with van der Waals surface area (Å²) in [7, 11) is -3.30. The second-order valence-corrected chi connectivity index (χ2v) is 14.2. The van der Waals surface area contributed by atoms with Gasteiger partial charge in [0.1, 0.15) is 11.2 Å². The van der Waals surface area contributed by atoms with Gasteiger partial charge in [-0.2, -0.15) is 4.31 Å². The predicted octanol–water partition coefficient (Wildman–Crippen LogP) is 5.46. The smallest absolute Gasteiger partial charge is 0.410 e. The van der Waals surface area contributed by atoms with Gasteiger partial charge in [-0.1, -0.05) is 6.07 Å². The molecule has 1 amide bonds. The van der Waals surface area contributed by atoms with Crippen LogP contribution < -0.4 is 0 Å². The molecule has 2 aliphatic heterocycles. The van der Waals surface area contributed by atoms with E-state index in [0.29, 0.717) is 26.1 Å². The summed E-state index contributed by atoms with van der Waals surface area (Å²) in [5, 5.41) is 0.846. The van der Waals surface area contributed by atoms with E-state index in [1.807, 2.05) is 38.1 Å². The van der Waals surface area contributed by atoms with Crippen molar-refractivity contribution in [2.24, 2.45) is 0 Å². The molecule has 1 aliphatic carbocycles. The Hall–Kier alpha value is -2.91. The molecule has 6 rings (SSSR count). The summed E-state index contributed by atoms with van der Waals surface area (Å²) in [6.45, 7) is 9.18. The van der Waals surface area contributed by atoms with Gasteiger partial charge in [0.05, 0.1) is 11.3 Å². The maximum absolute atomic E-state index is 13.2. The number of carbonyl (C=O) groups is 1. The highest BCUT2D eigenvalue weighted by Crippen LogP contribution is 2.42. The minimum Gasteiger partial charge on any atom is -0.444 e. The van der Waals surface area contributed by atoms with Crippen LogP contribution in [0, 0.1) is 6.92 Å². The molecule has 0 radical (unpaired) electrons. The Balaban J connectivity index is 1.44. The monoisotopic (exact) mass is 536 g/mol. The van der Waals surface area contributed by atoms with Crippen molar-refractivity contribution >= 4 is 27.1 Å². The van der Waals surface area contributed by atoms with E-state index in [0.717, 1.165) is 70.1 Å². The number of likely N-dealkylation sites (tertiary alicyclic amines) is 1. The first kappa shape index (κ1) is 25.4. The van der Waals surface area contributed by atoms with Crippen molar-refractivity contribution in [1.82, 2.24) is 19.2 Å². The number of hydrogen-bond donors (Lipinski definition) is 1. The first-order valence-electron chi connectivity index (χ1n) is 13.6. The molecule has 1 atom stereocenters. The van der Waals surface area contributed by atoms with Crippen LogP contribution in [-0.2, 0) is 27.7 Å². The fraction of sp³-hybridized carbons (Fsp3) is 0.517. The SMILES string of the molecule is Cc1c[nH]c2ncc(-c3cc4c(c([C@@H]5CCCN5C(=O)OC(C)(C)C)c3)CN(S(=O)(=O)C3CC3)CC4)cc12. The summed E-state index contributed by atoms with van der Waals surface area (Å²) in [5.41, 5.74) is 6.69. The van der Waals surface area contributed by atoms with Gasteiger partial charge in [-0.15, -0.1) is 0 Å². The third kappa shape index (κ3) is 4.60. The number of aryl methyl sites for hydroxylation is 1. The molecule has 3 aliphatic rings. The van der Waals surface area contributed by atoms with E-state index in [1.54, 1.807) is 4.31 Å². The molecule has 1 N–H and O–H groups in total. The van der Waals surface area contributed by atoms with Crippen LogP contribution in [-0.4, -0.2) is 57.6 Å². The van der Waals surface area contributed by atoms with E-state index in [4.69, 9.17) is 4.74 Å². The molecule has 0 unspecified atom stereocenters. The van der Waals surface area contributed by atoms with E-state index in [2.05, 4.69) is 35.1 Å². The van der Waals surface area contributed by atoms with E-state index in [9.17, 15) is 13.2 Å². The van der Waals surface area contributed by atoms with Crippen molar-refractivity contribution in [3.05, 3.63) is 52.8 Å². The molecule has 2 fully saturated rings. The number of amides is 1. The fourth-order valence-corrected chi connectivity index (χ4v) is 7.66. The van der Waals surface area contributed by atoms with Crippen LogP contribution in [0.2, 0.25) is 0 Å². The molecule has 38 heavy (non-hydrogen) atoms. The predicted molar refractivity (Wildman–Crippen MR) is 147 cm³/mol. The fourth-order valence-electron chi connectivity index (χ4n) is 5.85. The highest BCUT2D eigenvalue weighted by atomic mass is 32.2.